The van der Waals surface area contributed by atoms with E-state index in [0.717, 1.165) is 6.42 Å². The second-order valence-electron chi connectivity index (χ2n) is 5.49. The Hall–Kier alpha value is -2.80. The topological polar surface area (TPSA) is 51.2 Å². The van der Waals surface area contributed by atoms with Crippen LogP contribution in [0.5, 0.6) is 5.75 Å². The highest BCUT2D eigenvalue weighted by Gasteiger charge is 2.15. The summed E-state index contributed by atoms with van der Waals surface area (Å²) < 4.78 is 32.6. The van der Waals surface area contributed by atoms with E-state index in [0.29, 0.717) is 28.6 Å². The van der Waals surface area contributed by atoms with Crippen LogP contribution in [-0.4, -0.2) is 17.5 Å². The smallest absolute Gasteiger partial charge is 0.275 e. The van der Waals surface area contributed by atoms with Gasteiger partial charge in [0.2, 0.25) is 0 Å². The van der Waals surface area contributed by atoms with Gasteiger partial charge in [0.1, 0.15) is 28.1 Å². The van der Waals surface area contributed by atoms with Crippen molar-refractivity contribution in [3.63, 3.8) is 0 Å². The highest BCUT2D eigenvalue weighted by Crippen LogP contribution is 2.29. The number of aromatic nitrogens is 1. The summed E-state index contributed by atoms with van der Waals surface area (Å²) in [6.45, 7) is 2.49. The van der Waals surface area contributed by atoms with E-state index < -0.39 is 11.7 Å². The van der Waals surface area contributed by atoms with E-state index in [1.54, 1.807) is 17.5 Å². The van der Waals surface area contributed by atoms with Gasteiger partial charge in [-0.3, -0.25) is 4.79 Å². The molecule has 2 aromatic carbocycles. The van der Waals surface area contributed by atoms with Crippen LogP contribution >= 0.6 is 11.3 Å². The van der Waals surface area contributed by atoms with Gasteiger partial charge in [0.25, 0.3) is 5.91 Å². The second-order valence-corrected chi connectivity index (χ2v) is 6.35. The molecule has 7 heteroatoms. The number of rotatable bonds is 6. The zero-order valence-electron chi connectivity index (χ0n) is 14.0. The van der Waals surface area contributed by atoms with E-state index in [1.807, 2.05) is 6.92 Å². The molecule has 1 amide bonds. The number of benzene rings is 2. The summed E-state index contributed by atoms with van der Waals surface area (Å²) in [6.07, 6.45) is 0.836. The first-order valence-electron chi connectivity index (χ1n) is 8.02. The zero-order chi connectivity index (χ0) is 18.5. The average molecular weight is 374 g/mol. The van der Waals surface area contributed by atoms with Gasteiger partial charge in [-0.2, -0.15) is 0 Å². The van der Waals surface area contributed by atoms with Crippen molar-refractivity contribution in [3.8, 4) is 16.3 Å². The van der Waals surface area contributed by atoms with Gasteiger partial charge in [-0.15, -0.1) is 11.3 Å². The van der Waals surface area contributed by atoms with Crippen LogP contribution in [0.25, 0.3) is 10.6 Å². The number of hydrogen-bond donors (Lipinski definition) is 1. The molecule has 0 aliphatic rings. The number of nitrogens with zero attached hydrogens (tertiary/aromatic N) is 1. The van der Waals surface area contributed by atoms with Crippen LogP contribution < -0.4 is 10.1 Å². The molecule has 4 nitrogen and oxygen atoms in total. The monoisotopic (exact) mass is 374 g/mol. The van der Waals surface area contributed by atoms with Crippen molar-refractivity contribution in [3.05, 3.63) is 65.2 Å². The lowest BCUT2D eigenvalue weighted by atomic mass is 10.2. The van der Waals surface area contributed by atoms with Crippen molar-refractivity contribution in [2.45, 2.75) is 13.3 Å². The highest BCUT2D eigenvalue weighted by atomic mass is 32.1. The first-order valence-corrected chi connectivity index (χ1v) is 8.90. The summed E-state index contributed by atoms with van der Waals surface area (Å²) in [5.41, 5.74) is 0.925. The Morgan fingerprint density at radius 1 is 1.19 bits per heavy atom. The molecule has 0 aliphatic heterocycles. The van der Waals surface area contributed by atoms with Gasteiger partial charge < -0.3 is 10.1 Å². The molecule has 3 aromatic rings. The molecule has 0 bridgehead atoms. The molecule has 0 unspecified atom stereocenters. The Labute approximate surface area is 153 Å². The third-order valence-electron chi connectivity index (χ3n) is 3.48. The Bertz CT molecular complexity index is 910. The van der Waals surface area contributed by atoms with E-state index >= 15 is 0 Å². The van der Waals surface area contributed by atoms with Gasteiger partial charge in [0.05, 0.1) is 6.61 Å². The second kappa shape index (κ2) is 8.05. The minimum atomic E-state index is -0.460. The summed E-state index contributed by atoms with van der Waals surface area (Å²) in [5, 5.41) is 4.57. The van der Waals surface area contributed by atoms with Crippen LogP contribution in [0.2, 0.25) is 0 Å². The van der Waals surface area contributed by atoms with Crippen molar-refractivity contribution < 1.29 is 18.3 Å². The SMILES string of the molecule is CCCOc1ccc(-c2nc(C(=O)Nc3ccc(F)cc3)cs2)c(F)c1. The molecule has 3 rings (SSSR count). The molecule has 26 heavy (non-hydrogen) atoms. The maximum absolute atomic E-state index is 14.3. The van der Waals surface area contributed by atoms with E-state index in [4.69, 9.17) is 4.74 Å². The Morgan fingerprint density at radius 3 is 2.65 bits per heavy atom. The lowest BCUT2D eigenvalue weighted by Gasteiger charge is -2.06. The van der Waals surface area contributed by atoms with Crippen molar-refractivity contribution in [2.24, 2.45) is 0 Å². The number of hydrogen-bond acceptors (Lipinski definition) is 4. The molecule has 0 saturated heterocycles. The number of ether oxygens (including phenoxy) is 1. The molecule has 0 radical (unpaired) electrons. The van der Waals surface area contributed by atoms with Crippen molar-refractivity contribution in [1.29, 1.82) is 0 Å². The summed E-state index contributed by atoms with van der Waals surface area (Å²) in [6, 6.07) is 9.98. The third kappa shape index (κ3) is 4.23. The molecule has 1 N–H and O–H groups in total. The largest absolute Gasteiger partial charge is 0.494 e. The molecule has 0 atom stereocenters. The Morgan fingerprint density at radius 2 is 1.96 bits per heavy atom. The minimum absolute atomic E-state index is 0.167. The highest BCUT2D eigenvalue weighted by molar-refractivity contribution is 7.13. The lowest BCUT2D eigenvalue weighted by Crippen LogP contribution is -2.12. The molecule has 0 spiro atoms. The summed E-state index contributed by atoms with van der Waals surface area (Å²) in [5.74, 6) is -0.833. The molecule has 0 saturated carbocycles. The number of carbonyl (C=O) groups is 1. The number of anilines is 1. The standard InChI is InChI=1S/C19H16F2N2O2S/c1-2-9-25-14-7-8-15(16(21)10-14)19-23-17(11-26-19)18(24)22-13-5-3-12(20)4-6-13/h3-8,10-11H,2,9H2,1H3,(H,22,24). The van der Waals surface area contributed by atoms with Crippen LogP contribution in [0.3, 0.4) is 0 Å². The van der Waals surface area contributed by atoms with E-state index in [2.05, 4.69) is 10.3 Å². The maximum atomic E-state index is 14.3. The Balaban J connectivity index is 1.74. The van der Waals surface area contributed by atoms with Gasteiger partial charge in [0.15, 0.2) is 0 Å². The van der Waals surface area contributed by atoms with E-state index in [9.17, 15) is 13.6 Å². The fraction of sp³-hybridized carbons (Fsp3) is 0.158. The number of amides is 1. The Kier molecular flexibility index (Phi) is 5.58. The van der Waals surface area contributed by atoms with E-state index in [-0.39, 0.29) is 11.5 Å². The fourth-order valence-corrected chi connectivity index (χ4v) is 3.04. The summed E-state index contributed by atoms with van der Waals surface area (Å²) in [7, 11) is 0. The van der Waals surface area contributed by atoms with Gasteiger partial charge in [-0.1, -0.05) is 6.92 Å². The van der Waals surface area contributed by atoms with Crippen molar-refractivity contribution in [1.82, 2.24) is 4.98 Å². The maximum Gasteiger partial charge on any atom is 0.275 e. The van der Waals surface area contributed by atoms with E-state index in [1.165, 1.54) is 41.7 Å². The lowest BCUT2D eigenvalue weighted by molar-refractivity contribution is 0.102. The predicted molar refractivity (Wildman–Crippen MR) is 97.6 cm³/mol. The molecule has 0 aliphatic carbocycles. The molecule has 0 fully saturated rings. The van der Waals surface area contributed by atoms with Crippen LogP contribution in [0, 0.1) is 11.6 Å². The predicted octanol–water partition coefficient (Wildman–Crippen LogP) is 5.13. The van der Waals surface area contributed by atoms with Crippen LogP contribution in [-0.2, 0) is 0 Å². The molecular formula is C19H16F2N2O2S. The number of nitrogens with one attached hydrogen (secondary N) is 1. The molecule has 1 aromatic heterocycles. The average Bonchev–Trinajstić information content (AvgIpc) is 3.12. The minimum Gasteiger partial charge on any atom is -0.494 e. The van der Waals surface area contributed by atoms with Crippen LogP contribution in [0.4, 0.5) is 14.5 Å². The molecular weight excluding hydrogens is 358 g/mol. The third-order valence-corrected chi connectivity index (χ3v) is 4.36. The normalized spacial score (nSPS) is 10.6. The van der Waals surface area contributed by atoms with Crippen LogP contribution in [0.15, 0.2) is 47.8 Å². The quantitative estimate of drug-likeness (QED) is 0.651. The fourth-order valence-electron chi connectivity index (χ4n) is 2.21. The first kappa shape index (κ1) is 18.0. The van der Waals surface area contributed by atoms with Gasteiger partial charge in [0, 0.05) is 22.7 Å². The van der Waals surface area contributed by atoms with Gasteiger partial charge in [-0.05, 0) is 42.8 Å². The zero-order valence-corrected chi connectivity index (χ0v) is 14.8. The van der Waals surface area contributed by atoms with Gasteiger partial charge >= 0.3 is 0 Å². The first-order chi connectivity index (χ1) is 12.6. The van der Waals surface area contributed by atoms with Gasteiger partial charge in [-0.25, -0.2) is 13.8 Å². The summed E-state index contributed by atoms with van der Waals surface area (Å²) >= 11 is 1.17. The van der Waals surface area contributed by atoms with Crippen molar-refractivity contribution >= 4 is 22.9 Å². The number of carbonyl (C=O) groups excluding carboxylic acids is 1. The number of halogens is 2. The summed E-state index contributed by atoms with van der Waals surface area (Å²) in [4.78, 5) is 16.4. The molecule has 134 valence electrons. The number of thiazole rings is 1. The van der Waals surface area contributed by atoms with Crippen LogP contribution in [0.1, 0.15) is 23.8 Å². The van der Waals surface area contributed by atoms with Crippen molar-refractivity contribution in [2.75, 3.05) is 11.9 Å². The molecule has 1 heterocycles.